The van der Waals surface area contributed by atoms with E-state index in [-0.39, 0.29) is 5.78 Å². The number of rotatable bonds is 1. The molecule has 0 bridgehead atoms. The molecule has 0 saturated heterocycles. The Kier molecular flexibility index (Phi) is 2.39. The molecule has 0 N–H and O–H groups in total. The number of benzene rings is 1. The topological polar surface area (TPSA) is 35.5 Å². The molecular weight excluding hydrogens is 216 g/mol. The number of fused-ring (bicyclic) bond motifs is 3. The summed E-state index contributed by atoms with van der Waals surface area (Å²) in [6, 6.07) is 5.76. The fraction of sp³-hybridized carbons (Fsp3) is 0.357. The highest BCUT2D eigenvalue weighted by atomic mass is 16.5. The first-order chi connectivity index (χ1) is 8.28. The van der Waals surface area contributed by atoms with Gasteiger partial charge in [-0.25, -0.2) is 0 Å². The van der Waals surface area contributed by atoms with Crippen molar-refractivity contribution in [3.8, 4) is 11.5 Å². The van der Waals surface area contributed by atoms with Crippen LogP contribution < -0.4 is 9.47 Å². The van der Waals surface area contributed by atoms with Crippen LogP contribution in [0, 0.1) is 5.92 Å². The third-order valence-electron chi connectivity index (χ3n) is 3.44. The molecule has 1 atom stereocenters. The van der Waals surface area contributed by atoms with E-state index in [1.807, 2.05) is 18.2 Å². The minimum Gasteiger partial charge on any atom is -0.497 e. The van der Waals surface area contributed by atoms with E-state index >= 15 is 0 Å². The Morgan fingerprint density at radius 2 is 2.29 bits per heavy atom. The van der Waals surface area contributed by atoms with Crippen LogP contribution in [-0.2, 0) is 4.79 Å². The Hall–Kier alpha value is -1.77. The quantitative estimate of drug-likeness (QED) is 0.743. The summed E-state index contributed by atoms with van der Waals surface area (Å²) in [5, 5.41) is 0. The van der Waals surface area contributed by atoms with Gasteiger partial charge in [-0.05, 0) is 30.2 Å². The maximum Gasteiger partial charge on any atom is 0.156 e. The lowest BCUT2D eigenvalue weighted by molar-refractivity contribution is -0.115. The number of carbonyl (C=O) groups excluding carboxylic acids is 1. The van der Waals surface area contributed by atoms with Gasteiger partial charge in [-0.1, -0.05) is 0 Å². The van der Waals surface area contributed by atoms with E-state index in [0.717, 1.165) is 29.1 Å². The fourth-order valence-electron chi connectivity index (χ4n) is 2.48. The molecule has 1 aromatic rings. The molecule has 2 aliphatic rings. The van der Waals surface area contributed by atoms with Gasteiger partial charge in [0.05, 0.1) is 13.7 Å². The van der Waals surface area contributed by atoms with Crippen LogP contribution in [0.25, 0.3) is 5.57 Å². The van der Waals surface area contributed by atoms with E-state index in [1.165, 1.54) is 0 Å². The minimum atomic E-state index is 0.222. The van der Waals surface area contributed by atoms with Crippen LogP contribution in [0.1, 0.15) is 18.4 Å². The predicted octanol–water partition coefficient (Wildman–Crippen LogP) is 2.45. The maximum absolute atomic E-state index is 11.5. The highest BCUT2D eigenvalue weighted by Crippen LogP contribution is 2.41. The predicted molar refractivity (Wildman–Crippen MR) is 64.2 cm³/mol. The number of methoxy groups -OCH3 is 1. The van der Waals surface area contributed by atoms with Crippen LogP contribution in [0.3, 0.4) is 0 Å². The number of hydrogen-bond donors (Lipinski definition) is 0. The number of ether oxygens (including phenoxy) is 2. The van der Waals surface area contributed by atoms with Crippen molar-refractivity contribution in [2.45, 2.75) is 12.8 Å². The zero-order valence-electron chi connectivity index (χ0n) is 9.73. The molecule has 0 aromatic heterocycles. The molecule has 88 valence electrons. The van der Waals surface area contributed by atoms with Gasteiger partial charge in [-0.3, -0.25) is 4.79 Å². The largest absolute Gasteiger partial charge is 0.497 e. The number of allylic oxidation sites excluding steroid dienone is 1. The van der Waals surface area contributed by atoms with Crippen LogP contribution in [0.5, 0.6) is 11.5 Å². The van der Waals surface area contributed by atoms with Gasteiger partial charge >= 0.3 is 0 Å². The fourth-order valence-corrected chi connectivity index (χ4v) is 2.48. The van der Waals surface area contributed by atoms with E-state index < -0.39 is 0 Å². The molecule has 0 radical (unpaired) electrons. The van der Waals surface area contributed by atoms with Crippen molar-refractivity contribution >= 4 is 11.4 Å². The molecule has 1 aliphatic heterocycles. The molecular formula is C14H14O3. The van der Waals surface area contributed by atoms with Gasteiger partial charge in [0, 0.05) is 24.0 Å². The molecule has 3 rings (SSSR count). The second-order valence-electron chi connectivity index (χ2n) is 4.47. The average Bonchev–Trinajstić information content (AvgIpc) is 2.37. The van der Waals surface area contributed by atoms with Crippen molar-refractivity contribution in [2.24, 2.45) is 5.92 Å². The summed E-state index contributed by atoms with van der Waals surface area (Å²) in [5.74, 6) is 2.19. The molecule has 17 heavy (non-hydrogen) atoms. The summed E-state index contributed by atoms with van der Waals surface area (Å²) >= 11 is 0. The average molecular weight is 230 g/mol. The molecule has 3 nitrogen and oxygen atoms in total. The lowest BCUT2D eigenvalue weighted by Crippen LogP contribution is -2.24. The van der Waals surface area contributed by atoms with Crippen LogP contribution in [0.2, 0.25) is 0 Å². The molecule has 1 heterocycles. The van der Waals surface area contributed by atoms with E-state index in [0.29, 0.717) is 18.9 Å². The third kappa shape index (κ3) is 1.71. The Morgan fingerprint density at radius 3 is 3.12 bits per heavy atom. The Labute approximate surface area is 100 Å². The maximum atomic E-state index is 11.5. The lowest BCUT2D eigenvalue weighted by atomic mass is 9.82. The van der Waals surface area contributed by atoms with E-state index in [1.54, 1.807) is 13.2 Å². The van der Waals surface area contributed by atoms with Gasteiger partial charge in [0.1, 0.15) is 11.5 Å². The Morgan fingerprint density at radius 1 is 1.41 bits per heavy atom. The summed E-state index contributed by atoms with van der Waals surface area (Å²) in [4.78, 5) is 11.5. The van der Waals surface area contributed by atoms with Crippen LogP contribution >= 0.6 is 0 Å². The van der Waals surface area contributed by atoms with Gasteiger partial charge < -0.3 is 9.47 Å². The van der Waals surface area contributed by atoms with Crippen LogP contribution in [0.4, 0.5) is 0 Å². The van der Waals surface area contributed by atoms with Crippen LogP contribution in [-0.4, -0.2) is 19.5 Å². The smallest absolute Gasteiger partial charge is 0.156 e. The van der Waals surface area contributed by atoms with E-state index in [9.17, 15) is 4.79 Å². The first-order valence-corrected chi connectivity index (χ1v) is 5.83. The number of hydrogen-bond acceptors (Lipinski definition) is 3. The number of ketones is 1. The molecule has 0 saturated carbocycles. The Balaban J connectivity index is 2.08. The van der Waals surface area contributed by atoms with Gasteiger partial charge in [0.25, 0.3) is 0 Å². The molecule has 1 aromatic carbocycles. The van der Waals surface area contributed by atoms with Crippen molar-refractivity contribution in [1.29, 1.82) is 0 Å². The summed E-state index contributed by atoms with van der Waals surface area (Å²) in [5.41, 5.74) is 2.17. The highest BCUT2D eigenvalue weighted by Gasteiger charge is 2.29. The molecule has 1 unspecified atom stereocenters. The van der Waals surface area contributed by atoms with Crippen molar-refractivity contribution in [3.05, 3.63) is 29.8 Å². The van der Waals surface area contributed by atoms with Crippen molar-refractivity contribution < 1.29 is 14.3 Å². The minimum absolute atomic E-state index is 0.222. The van der Waals surface area contributed by atoms with Crippen LogP contribution in [0.15, 0.2) is 24.3 Å². The number of carbonyl (C=O) groups is 1. The second kappa shape index (κ2) is 3.91. The molecule has 0 fully saturated rings. The SMILES string of the molecule is COc1ccc2c(c1)OCC1CCC(=O)C=C21. The molecule has 0 spiro atoms. The normalized spacial score (nSPS) is 22.1. The molecule has 0 amide bonds. The van der Waals surface area contributed by atoms with Crippen molar-refractivity contribution in [3.63, 3.8) is 0 Å². The second-order valence-corrected chi connectivity index (χ2v) is 4.47. The third-order valence-corrected chi connectivity index (χ3v) is 3.44. The first kappa shape index (κ1) is 10.4. The zero-order valence-corrected chi connectivity index (χ0v) is 9.73. The first-order valence-electron chi connectivity index (χ1n) is 5.83. The summed E-state index contributed by atoms with van der Waals surface area (Å²) < 4.78 is 10.9. The zero-order chi connectivity index (χ0) is 11.8. The van der Waals surface area contributed by atoms with Crippen molar-refractivity contribution in [2.75, 3.05) is 13.7 Å². The molecule has 3 heteroatoms. The van der Waals surface area contributed by atoms with E-state index in [4.69, 9.17) is 9.47 Å². The van der Waals surface area contributed by atoms with Crippen molar-refractivity contribution in [1.82, 2.24) is 0 Å². The molecule has 1 aliphatic carbocycles. The van der Waals surface area contributed by atoms with E-state index in [2.05, 4.69) is 0 Å². The van der Waals surface area contributed by atoms with Gasteiger partial charge in [0.15, 0.2) is 5.78 Å². The van der Waals surface area contributed by atoms with Gasteiger partial charge in [-0.2, -0.15) is 0 Å². The monoisotopic (exact) mass is 230 g/mol. The Bertz CT molecular complexity index is 502. The summed E-state index contributed by atoms with van der Waals surface area (Å²) in [7, 11) is 1.64. The highest BCUT2D eigenvalue weighted by molar-refractivity contribution is 5.99. The summed E-state index contributed by atoms with van der Waals surface area (Å²) in [6.45, 7) is 0.666. The standard InChI is InChI=1S/C14H14O3/c1-16-11-4-5-12-13-6-10(15)3-2-9(13)8-17-14(12)7-11/h4-7,9H,2-3,8H2,1H3. The van der Waals surface area contributed by atoms with Gasteiger partial charge in [0.2, 0.25) is 0 Å². The lowest BCUT2D eigenvalue weighted by Gasteiger charge is -2.30. The van der Waals surface area contributed by atoms with Gasteiger partial charge in [-0.15, -0.1) is 0 Å². The summed E-state index contributed by atoms with van der Waals surface area (Å²) in [6.07, 6.45) is 3.32.